The van der Waals surface area contributed by atoms with Gasteiger partial charge in [-0.15, -0.1) is 0 Å². The zero-order valence-corrected chi connectivity index (χ0v) is 15.9. The summed E-state index contributed by atoms with van der Waals surface area (Å²) in [5.74, 6) is -0.611. The summed E-state index contributed by atoms with van der Waals surface area (Å²) in [5, 5.41) is 24.6. The van der Waals surface area contributed by atoms with Crippen LogP contribution in [0.3, 0.4) is 0 Å². The van der Waals surface area contributed by atoms with Crippen molar-refractivity contribution < 1.29 is 14.6 Å². The highest BCUT2D eigenvalue weighted by molar-refractivity contribution is 5.95. The van der Waals surface area contributed by atoms with Gasteiger partial charge >= 0.3 is 0 Å². The number of nitrogens with zero attached hydrogens (tertiary/aromatic N) is 4. The summed E-state index contributed by atoms with van der Waals surface area (Å²) in [4.78, 5) is 37.3. The van der Waals surface area contributed by atoms with Crippen molar-refractivity contribution in [3.05, 3.63) is 73.8 Å². The molecule has 1 aliphatic rings. The van der Waals surface area contributed by atoms with E-state index >= 15 is 0 Å². The molecule has 29 heavy (non-hydrogen) atoms. The Bertz CT molecular complexity index is 891. The van der Waals surface area contributed by atoms with Crippen molar-refractivity contribution in [1.29, 1.82) is 0 Å². The number of benzene rings is 2. The Balaban J connectivity index is 1.64. The third kappa shape index (κ3) is 5.05. The fourth-order valence-corrected chi connectivity index (χ4v) is 3.11. The van der Waals surface area contributed by atoms with Crippen LogP contribution in [0.4, 0.5) is 17.1 Å². The molecule has 0 radical (unpaired) electrons. The first-order valence-electron chi connectivity index (χ1n) is 9.08. The summed E-state index contributed by atoms with van der Waals surface area (Å²) in [6, 6.07) is 10.7. The van der Waals surface area contributed by atoms with E-state index in [0.717, 1.165) is 55.6 Å². The first kappa shape index (κ1) is 20.2. The van der Waals surface area contributed by atoms with Gasteiger partial charge in [0.05, 0.1) is 21.5 Å². The molecule has 0 atom stereocenters. The van der Waals surface area contributed by atoms with Gasteiger partial charge in [0.25, 0.3) is 17.3 Å². The molecule has 1 heterocycles. The van der Waals surface area contributed by atoms with E-state index < -0.39 is 27.1 Å². The molecule has 3 rings (SSSR count). The largest absolute Gasteiger partial charge is 0.369 e. The molecule has 0 bridgehead atoms. The highest BCUT2D eigenvalue weighted by atomic mass is 16.6. The van der Waals surface area contributed by atoms with E-state index in [2.05, 4.69) is 22.2 Å². The second-order valence-electron chi connectivity index (χ2n) is 6.89. The molecule has 10 nitrogen and oxygen atoms in total. The maximum Gasteiger partial charge on any atom is 0.277 e. The number of hydrogen-bond acceptors (Lipinski definition) is 7. The predicted octanol–water partition coefficient (Wildman–Crippen LogP) is 2.18. The Kier molecular flexibility index (Phi) is 6.03. The third-order valence-corrected chi connectivity index (χ3v) is 4.84. The van der Waals surface area contributed by atoms with Crippen molar-refractivity contribution in [3.63, 3.8) is 0 Å². The molecule has 0 aromatic heterocycles. The smallest absolute Gasteiger partial charge is 0.277 e. The SMILES string of the molecule is CN1CCN(c2ccc(CNC(=O)c3cc([N+](=O)[O-])cc([N+](=O)[O-])c3)cc2)CC1. The Morgan fingerprint density at radius 3 is 2.03 bits per heavy atom. The molecule has 1 aliphatic heterocycles. The summed E-state index contributed by atoms with van der Waals surface area (Å²) in [6.07, 6.45) is 0. The molecule has 0 saturated carbocycles. The number of amides is 1. The summed E-state index contributed by atoms with van der Waals surface area (Å²) < 4.78 is 0. The molecule has 152 valence electrons. The molecule has 0 aliphatic carbocycles. The quantitative estimate of drug-likeness (QED) is 0.583. The van der Waals surface area contributed by atoms with E-state index in [9.17, 15) is 25.0 Å². The van der Waals surface area contributed by atoms with Crippen molar-refractivity contribution in [2.24, 2.45) is 0 Å². The molecular weight excluding hydrogens is 378 g/mol. The highest BCUT2D eigenvalue weighted by Crippen LogP contribution is 2.23. The number of carbonyl (C=O) groups excluding carboxylic acids is 1. The number of nitro benzene ring substituents is 2. The van der Waals surface area contributed by atoms with Crippen LogP contribution in [0.5, 0.6) is 0 Å². The number of hydrogen-bond donors (Lipinski definition) is 1. The van der Waals surface area contributed by atoms with E-state index in [4.69, 9.17) is 0 Å². The summed E-state index contributed by atoms with van der Waals surface area (Å²) in [6.45, 7) is 4.13. The monoisotopic (exact) mass is 399 g/mol. The van der Waals surface area contributed by atoms with Gasteiger partial charge < -0.3 is 15.1 Å². The maximum absolute atomic E-state index is 12.3. The fraction of sp³-hybridized carbons (Fsp3) is 0.316. The molecule has 1 saturated heterocycles. The van der Waals surface area contributed by atoms with Gasteiger partial charge in [-0.2, -0.15) is 0 Å². The second kappa shape index (κ2) is 8.65. The average Bonchev–Trinajstić information content (AvgIpc) is 2.72. The van der Waals surface area contributed by atoms with Crippen LogP contribution in [-0.4, -0.2) is 53.9 Å². The molecule has 0 unspecified atom stereocenters. The lowest BCUT2D eigenvalue weighted by atomic mass is 10.1. The van der Waals surface area contributed by atoms with E-state index in [1.807, 2.05) is 24.3 Å². The van der Waals surface area contributed by atoms with Crippen LogP contribution in [0.1, 0.15) is 15.9 Å². The van der Waals surface area contributed by atoms with Gasteiger partial charge in [-0.1, -0.05) is 12.1 Å². The highest BCUT2D eigenvalue weighted by Gasteiger charge is 2.20. The van der Waals surface area contributed by atoms with Crippen LogP contribution < -0.4 is 10.2 Å². The number of carbonyl (C=O) groups is 1. The number of nitro groups is 2. The minimum Gasteiger partial charge on any atom is -0.369 e. The van der Waals surface area contributed by atoms with Crippen molar-refractivity contribution in [1.82, 2.24) is 10.2 Å². The molecule has 1 N–H and O–H groups in total. The predicted molar refractivity (Wildman–Crippen MR) is 107 cm³/mol. The molecular formula is C19H21N5O5. The molecule has 0 spiro atoms. The standard InChI is InChI=1S/C19H21N5O5/c1-21-6-8-22(9-7-21)16-4-2-14(3-5-16)13-20-19(25)15-10-17(23(26)27)12-18(11-15)24(28)29/h2-5,10-12H,6-9,13H2,1H3,(H,20,25). The molecule has 1 fully saturated rings. The van der Waals surface area contributed by atoms with Crippen LogP contribution in [0, 0.1) is 20.2 Å². The van der Waals surface area contributed by atoms with Gasteiger partial charge in [-0.25, -0.2) is 0 Å². The number of anilines is 1. The Labute approximate surface area is 167 Å². The molecule has 10 heteroatoms. The summed E-state index contributed by atoms with van der Waals surface area (Å²) in [7, 11) is 2.10. The fourth-order valence-electron chi connectivity index (χ4n) is 3.11. The van der Waals surface area contributed by atoms with Gasteiger partial charge in [0.15, 0.2) is 0 Å². The summed E-state index contributed by atoms with van der Waals surface area (Å²) >= 11 is 0. The van der Waals surface area contributed by atoms with Crippen LogP contribution in [0.2, 0.25) is 0 Å². The van der Waals surface area contributed by atoms with E-state index in [0.29, 0.717) is 0 Å². The van der Waals surface area contributed by atoms with Gasteiger partial charge in [0.1, 0.15) is 0 Å². The number of rotatable bonds is 6. The molecule has 1 amide bonds. The average molecular weight is 399 g/mol. The van der Waals surface area contributed by atoms with Crippen molar-refractivity contribution in [2.75, 3.05) is 38.1 Å². The lowest BCUT2D eigenvalue weighted by molar-refractivity contribution is -0.394. The zero-order chi connectivity index (χ0) is 21.0. The van der Waals surface area contributed by atoms with Gasteiger partial charge in [0, 0.05) is 50.5 Å². The number of piperazine rings is 1. The minimum atomic E-state index is -0.763. The van der Waals surface area contributed by atoms with Crippen LogP contribution in [-0.2, 0) is 6.54 Å². The Hall–Kier alpha value is -3.53. The van der Waals surface area contributed by atoms with E-state index in [-0.39, 0.29) is 12.1 Å². The van der Waals surface area contributed by atoms with Gasteiger partial charge in [0.2, 0.25) is 0 Å². The maximum atomic E-state index is 12.3. The Morgan fingerprint density at radius 2 is 1.52 bits per heavy atom. The number of non-ortho nitro benzene ring substituents is 2. The van der Waals surface area contributed by atoms with Crippen molar-refractivity contribution in [3.8, 4) is 0 Å². The molecule has 2 aromatic carbocycles. The second-order valence-corrected chi connectivity index (χ2v) is 6.89. The van der Waals surface area contributed by atoms with Crippen LogP contribution >= 0.6 is 0 Å². The third-order valence-electron chi connectivity index (χ3n) is 4.84. The van der Waals surface area contributed by atoms with E-state index in [1.165, 1.54) is 0 Å². The van der Waals surface area contributed by atoms with Crippen molar-refractivity contribution >= 4 is 23.0 Å². The Morgan fingerprint density at radius 1 is 0.966 bits per heavy atom. The van der Waals surface area contributed by atoms with E-state index in [1.54, 1.807) is 0 Å². The van der Waals surface area contributed by atoms with Gasteiger partial charge in [-0.05, 0) is 24.7 Å². The first-order valence-corrected chi connectivity index (χ1v) is 9.08. The van der Waals surface area contributed by atoms with Crippen molar-refractivity contribution in [2.45, 2.75) is 6.54 Å². The van der Waals surface area contributed by atoms with Gasteiger partial charge in [-0.3, -0.25) is 25.0 Å². The lowest BCUT2D eigenvalue weighted by Crippen LogP contribution is -2.44. The number of likely N-dealkylation sites (N-methyl/N-ethyl adjacent to an activating group) is 1. The minimum absolute atomic E-state index is 0.125. The zero-order valence-electron chi connectivity index (χ0n) is 15.9. The first-order chi connectivity index (χ1) is 13.8. The van der Waals surface area contributed by atoms with Crippen LogP contribution in [0.25, 0.3) is 0 Å². The summed E-state index contributed by atoms with van der Waals surface area (Å²) in [5.41, 5.74) is 0.848. The van der Waals surface area contributed by atoms with Crippen LogP contribution in [0.15, 0.2) is 42.5 Å². The molecule has 2 aromatic rings. The lowest BCUT2D eigenvalue weighted by Gasteiger charge is -2.34. The normalized spacial score (nSPS) is 14.4. The number of nitrogens with one attached hydrogen (secondary N) is 1. The topological polar surface area (TPSA) is 122 Å².